The van der Waals surface area contributed by atoms with Gasteiger partial charge in [0, 0.05) is 20.8 Å². The molecule has 3 heteroatoms. The summed E-state index contributed by atoms with van der Waals surface area (Å²) in [5, 5.41) is 2.15. The topological polar surface area (TPSA) is 26.0 Å². The number of rotatable bonds is 4. The minimum atomic E-state index is 0.351. The molecular weight excluding hydrogens is 294 g/mol. The highest BCUT2D eigenvalue weighted by Gasteiger charge is 2.16. The molecule has 0 saturated heterocycles. The van der Waals surface area contributed by atoms with E-state index < -0.39 is 0 Å². The van der Waals surface area contributed by atoms with E-state index >= 15 is 0 Å². The molecule has 0 amide bonds. The maximum absolute atomic E-state index is 6.29. The van der Waals surface area contributed by atoms with Crippen LogP contribution in [-0.4, -0.2) is 6.04 Å². The number of hydrogen-bond acceptors (Lipinski definition) is 2. The first-order valence-electron chi connectivity index (χ1n) is 6.72. The third kappa shape index (κ3) is 4.72. The molecule has 1 saturated carbocycles. The predicted molar refractivity (Wildman–Crippen MR) is 79.5 cm³/mol. The molecular formula is C14H22BrNS. The van der Waals surface area contributed by atoms with E-state index in [-0.39, 0.29) is 0 Å². The van der Waals surface area contributed by atoms with Crippen molar-refractivity contribution in [3.63, 3.8) is 0 Å². The molecule has 1 nitrogen and oxygen atoms in total. The minimum Gasteiger partial charge on any atom is -0.327 e. The summed E-state index contributed by atoms with van der Waals surface area (Å²) in [5.41, 5.74) is 6.29. The van der Waals surface area contributed by atoms with Crippen molar-refractivity contribution in [2.45, 2.75) is 57.4 Å². The zero-order chi connectivity index (χ0) is 12.1. The molecule has 0 aromatic carbocycles. The molecule has 1 aromatic heterocycles. The van der Waals surface area contributed by atoms with Crippen molar-refractivity contribution in [2.75, 3.05) is 0 Å². The fraction of sp³-hybridized carbons (Fsp3) is 0.714. The molecule has 0 aliphatic heterocycles. The van der Waals surface area contributed by atoms with Crippen LogP contribution in [0.5, 0.6) is 0 Å². The van der Waals surface area contributed by atoms with Crippen molar-refractivity contribution >= 4 is 27.3 Å². The first kappa shape index (κ1) is 13.6. The Morgan fingerprint density at radius 2 is 2.00 bits per heavy atom. The van der Waals surface area contributed by atoms with Crippen molar-refractivity contribution in [3.8, 4) is 0 Å². The maximum Gasteiger partial charge on any atom is 0.0285 e. The lowest BCUT2D eigenvalue weighted by atomic mass is 9.91. The maximum atomic E-state index is 6.29. The van der Waals surface area contributed by atoms with Gasteiger partial charge in [0.1, 0.15) is 0 Å². The lowest BCUT2D eigenvalue weighted by Gasteiger charge is -2.18. The van der Waals surface area contributed by atoms with Crippen molar-refractivity contribution in [1.29, 1.82) is 0 Å². The monoisotopic (exact) mass is 315 g/mol. The van der Waals surface area contributed by atoms with Gasteiger partial charge in [-0.25, -0.2) is 0 Å². The van der Waals surface area contributed by atoms with Crippen LogP contribution >= 0.6 is 27.3 Å². The summed E-state index contributed by atoms with van der Waals surface area (Å²) in [5.74, 6) is 0.885. The third-order valence-electron chi connectivity index (χ3n) is 3.70. The van der Waals surface area contributed by atoms with Crippen LogP contribution in [0.3, 0.4) is 0 Å². The molecule has 0 radical (unpaired) electrons. The fourth-order valence-electron chi connectivity index (χ4n) is 2.83. The van der Waals surface area contributed by atoms with Crippen LogP contribution in [0.15, 0.2) is 15.9 Å². The van der Waals surface area contributed by atoms with E-state index in [2.05, 4.69) is 27.4 Å². The van der Waals surface area contributed by atoms with Gasteiger partial charge in [-0.2, -0.15) is 0 Å². The van der Waals surface area contributed by atoms with E-state index in [1.54, 1.807) is 0 Å². The first-order chi connectivity index (χ1) is 8.24. The van der Waals surface area contributed by atoms with Crippen molar-refractivity contribution < 1.29 is 0 Å². The lowest BCUT2D eigenvalue weighted by Crippen LogP contribution is -2.25. The number of thiophene rings is 1. The second kappa shape index (κ2) is 6.91. The van der Waals surface area contributed by atoms with Crippen molar-refractivity contribution in [2.24, 2.45) is 11.7 Å². The average molecular weight is 316 g/mol. The Hall–Kier alpha value is 0.140. The highest BCUT2D eigenvalue weighted by Crippen LogP contribution is 2.28. The van der Waals surface area contributed by atoms with Gasteiger partial charge < -0.3 is 5.73 Å². The largest absolute Gasteiger partial charge is 0.327 e. The lowest BCUT2D eigenvalue weighted by molar-refractivity contribution is 0.388. The number of nitrogens with two attached hydrogens (primary N) is 1. The Morgan fingerprint density at radius 1 is 1.29 bits per heavy atom. The van der Waals surface area contributed by atoms with Gasteiger partial charge in [0.15, 0.2) is 0 Å². The van der Waals surface area contributed by atoms with E-state index in [0.717, 1.165) is 12.3 Å². The summed E-state index contributed by atoms with van der Waals surface area (Å²) in [7, 11) is 0. The highest BCUT2D eigenvalue weighted by molar-refractivity contribution is 9.10. The van der Waals surface area contributed by atoms with E-state index in [1.807, 2.05) is 11.3 Å². The highest BCUT2D eigenvalue weighted by atomic mass is 79.9. The van der Waals surface area contributed by atoms with Gasteiger partial charge in [0.05, 0.1) is 0 Å². The van der Waals surface area contributed by atoms with Crippen LogP contribution in [0.25, 0.3) is 0 Å². The Morgan fingerprint density at radius 3 is 2.59 bits per heavy atom. The average Bonchev–Trinajstić information content (AvgIpc) is 2.53. The third-order valence-corrected chi connectivity index (χ3v) is 5.42. The van der Waals surface area contributed by atoms with Crippen LogP contribution < -0.4 is 5.73 Å². The van der Waals surface area contributed by atoms with Gasteiger partial charge in [0.25, 0.3) is 0 Å². The predicted octanol–water partition coefficient (Wildman–Crippen LogP) is 4.74. The summed E-state index contributed by atoms with van der Waals surface area (Å²) in [6, 6.07) is 2.56. The van der Waals surface area contributed by atoms with Gasteiger partial charge >= 0.3 is 0 Å². The molecule has 2 N–H and O–H groups in total. The van der Waals surface area contributed by atoms with E-state index in [1.165, 1.54) is 54.3 Å². The summed E-state index contributed by atoms with van der Waals surface area (Å²) < 4.78 is 1.19. The molecule has 1 unspecified atom stereocenters. The molecule has 17 heavy (non-hydrogen) atoms. The van der Waals surface area contributed by atoms with Gasteiger partial charge in [-0.05, 0) is 40.8 Å². The Bertz CT molecular complexity index is 329. The van der Waals surface area contributed by atoms with Crippen LogP contribution in [0.4, 0.5) is 0 Å². The molecule has 2 rings (SSSR count). The molecule has 1 aliphatic rings. The van der Waals surface area contributed by atoms with E-state index in [4.69, 9.17) is 5.73 Å². The minimum absolute atomic E-state index is 0.351. The van der Waals surface area contributed by atoms with Crippen LogP contribution in [0.2, 0.25) is 0 Å². The standard InChI is InChI=1S/C14H22BrNS/c15-12-8-14(17-10-12)9-13(16)7-11-5-3-1-2-4-6-11/h8,10-11,13H,1-7,9,16H2. The molecule has 1 heterocycles. The quantitative estimate of drug-likeness (QED) is 0.798. The second-order valence-electron chi connectivity index (χ2n) is 5.29. The first-order valence-corrected chi connectivity index (χ1v) is 8.40. The zero-order valence-electron chi connectivity index (χ0n) is 10.3. The van der Waals surface area contributed by atoms with Crippen molar-refractivity contribution in [1.82, 2.24) is 0 Å². The molecule has 96 valence electrons. The summed E-state index contributed by atoms with van der Waals surface area (Å²) in [6.07, 6.45) is 10.8. The van der Waals surface area contributed by atoms with Crippen LogP contribution in [0, 0.1) is 5.92 Å². The van der Waals surface area contributed by atoms with E-state index in [0.29, 0.717) is 6.04 Å². The van der Waals surface area contributed by atoms with Crippen molar-refractivity contribution in [3.05, 3.63) is 20.8 Å². The molecule has 1 aromatic rings. The zero-order valence-corrected chi connectivity index (χ0v) is 12.7. The fourth-order valence-corrected chi connectivity index (χ4v) is 4.38. The second-order valence-corrected chi connectivity index (χ2v) is 7.20. The molecule has 0 spiro atoms. The molecule has 1 aliphatic carbocycles. The van der Waals surface area contributed by atoms with Crippen LogP contribution in [0.1, 0.15) is 49.8 Å². The van der Waals surface area contributed by atoms with Gasteiger partial charge in [-0.3, -0.25) is 0 Å². The normalized spacial score (nSPS) is 20.1. The summed E-state index contributed by atoms with van der Waals surface area (Å²) >= 11 is 5.32. The Balaban J connectivity index is 1.77. The number of halogens is 1. The summed E-state index contributed by atoms with van der Waals surface area (Å²) in [4.78, 5) is 1.41. The molecule has 1 fully saturated rings. The summed E-state index contributed by atoms with van der Waals surface area (Å²) in [6.45, 7) is 0. The van der Waals surface area contributed by atoms with Gasteiger partial charge in [0.2, 0.25) is 0 Å². The van der Waals surface area contributed by atoms with Gasteiger partial charge in [-0.1, -0.05) is 38.5 Å². The number of hydrogen-bond donors (Lipinski definition) is 1. The Labute approximate surface area is 117 Å². The molecule has 0 bridgehead atoms. The SMILES string of the molecule is NC(Cc1cc(Br)cs1)CC1CCCCCC1. The Kier molecular flexibility index (Phi) is 5.51. The van der Waals surface area contributed by atoms with Gasteiger partial charge in [-0.15, -0.1) is 11.3 Å². The van der Waals surface area contributed by atoms with Crippen LogP contribution in [-0.2, 0) is 6.42 Å². The smallest absolute Gasteiger partial charge is 0.0285 e. The van der Waals surface area contributed by atoms with E-state index in [9.17, 15) is 0 Å². The molecule has 1 atom stereocenters.